The highest BCUT2D eigenvalue weighted by atomic mass is 16.1. The summed E-state index contributed by atoms with van der Waals surface area (Å²) in [6.45, 7) is 3.70. The monoisotopic (exact) mass is 244 g/mol. The number of hydrogen-bond acceptors (Lipinski definition) is 2. The molecule has 0 aromatic carbocycles. The number of nitrogens with zero attached hydrogens (tertiary/aromatic N) is 2. The third-order valence-electron chi connectivity index (χ3n) is 3.39. The van der Waals surface area contributed by atoms with Crippen LogP contribution in [0.15, 0.2) is 40.4 Å². The van der Waals surface area contributed by atoms with Crippen molar-refractivity contribution in [2.24, 2.45) is 4.99 Å². The van der Waals surface area contributed by atoms with Gasteiger partial charge >= 0.3 is 0 Å². The van der Waals surface area contributed by atoms with Gasteiger partial charge < -0.3 is 4.90 Å². The molecule has 1 aliphatic heterocycles. The van der Waals surface area contributed by atoms with Gasteiger partial charge in [0.2, 0.25) is 0 Å². The fourth-order valence-corrected chi connectivity index (χ4v) is 2.32. The van der Waals surface area contributed by atoms with Crippen molar-refractivity contribution in [3.05, 3.63) is 35.5 Å². The van der Waals surface area contributed by atoms with E-state index in [9.17, 15) is 4.79 Å². The van der Waals surface area contributed by atoms with Crippen molar-refractivity contribution in [1.29, 1.82) is 0 Å². The Hall–Kier alpha value is -1.64. The molecule has 0 aromatic rings. The van der Waals surface area contributed by atoms with Crippen LogP contribution in [-0.2, 0) is 4.79 Å². The van der Waals surface area contributed by atoms with E-state index in [4.69, 9.17) is 0 Å². The van der Waals surface area contributed by atoms with E-state index in [-0.39, 0.29) is 0 Å². The normalized spacial score (nSPS) is 21.6. The standard InChI is InChI=1S/C15H20N2O/c1-12-4-3-5-13(7-6-12)15(16-2)17-10-8-14(18)9-11-17/h4-7H,3,8-11H2,1-2H3. The third-order valence-corrected chi connectivity index (χ3v) is 3.39. The molecule has 0 amide bonds. The fraction of sp³-hybridized carbons (Fsp3) is 0.467. The molecule has 0 bridgehead atoms. The second-order valence-electron chi connectivity index (χ2n) is 4.75. The molecule has 0 radical (unpaired) electrons. The van der Waals surface area contributed by atoms with Gasteiger partial charge in [0.15, 0.2) is 0 Å². The number of carbonyl (C=O) groups is 1. The van der Waals surface area contributed by atoms with Crippen LogP contribution in [0.2, 0.25) is 0 Å². The van der Waals surface area contributed by atoms with E-state index in [0.29, 0.717) is 18.6 Å². The Labute approximate surface area is 109 Å². The highest BCUT2D eigenvalue weighted by Crippen LogP contribution is 2.16. The number of allylic oxidation sites excluding steroid dienone is 4. The van der Waals surface area contributed by atoms with Gasteiger partial charge in [-0.25, -0.2) is 0 Å². The number of Topliss-reactive ketones (excluding diaryl/α,β-unsaturated/α-hetero) is 1. The van der Waals surface area contributed by atoms with E-state index in [2.05, 4.69) is 41.1 Å². The van der Waals surface area contributed by atoms with Crippen LogP contribution in [0.4, 0.5) is 0 Å². The molecular formula is C15H20N2O. The summed E-state index contributed by atoms with van der Waals surface area (Å²) in [4.78, 5) is 17.9. The molecule has 0 aromatic heterocycles. The molecular weight excluding hydrogens is 224 g/mol. The highest BCUT2D eigenvalue weighted by Gasteiger charge is 2.20. The van der Waals surface area contributed by atoms with Crippen LogP contribution in [0.25, 0.3) is 0 Å². The van der Waals surface area contributed by atoms with E-state index >= 15 is 0 Å². The Balaban J connectivity index is 2.13. The number of ketones is 1. The van der Waals surface area contributed by atoms with Gasteiger partial charge in [-0.15, -0.1) is 0 Å². The van der Waals surface area contributed by atoms with Crippen LogP contribution in [0.1, 0.15) is 26.2 Å². The summed E-state index contributed by atoms with van der Waals surface area (Å²) in [7, 11) is 1.83. The van der Waals surface area contributed by atoms with Gasteiger partial charge in [-0.05, 0) is 13.3 Å². The first-order valence-electron chi connectivity index (χ1n) is 6.49. The topological polar surface area (TPSA) is 32.7 Å². The minimum Gasteiger partial charge on any atom is -0.356 e. The highest BCUT2D eigenvalue weighted by molar-refractivity contribution is 6.01. The lowest BCUT2D eigenvalue weighted by Gasteiger charge is -2.29. The smallest absolute Gasteiger partial charge is 0.136 e. The number of hydrogen-bond donors (Lipinski definition) is 0. The molecule has 1 saturated heterocycles. The minimum atomic E-state index is 0.365. The molecule has 0 saturated carbocycles. The quantitative estimate of drug-likeness (QED) is 0.524. The zero-order valence-corrected chi connectivity index (χ0v) is 11.1. The Bertz CT molecular complexity index is 445. The zero-order chi connectivity index (χ0) is 13.0. The average molecular weight is 244 g/mol. The molecule has 96 valence electrons. The van der Waals surface area contributed by atoms with E-state index < -0.39 is 0 Å². The third kappa shape index (κ3) is 2.97. The molecule has 1 fully saturated rings. The lowest BCUT2D eigenvalue weighted by Crippen LogP contribution is -2.39. The van der Waals surface area contributed by atoms with E-state index in [0.717, 1.165) is 25.3 Å². The van der Waals surface area contributed by atoms with Gasteiger partial charge in [0.1, 0.15) is 11.6 Å². The summed E-state index contributed by atoms with van der Waals surface area (Å²) in [5.41, 5.74) is 2.45. The first-order valence-corrected chi connectivity index (χ1v) is 6.49. The lowest BCUT2D eigenvalue weighted by molar-refractivity contribution is -0.120. The molecule has 1 heterocycles. The van der Waals surface area contributed by atoms with E-state index in [1.807, 2.05) is 7.05 Å². The van der Waals surface area contributed by atoms with Crippen molar-refractivity contribution in [1.82, 2.24) is 4.90 Å². The van der Waals surface area contributed by atoms with Crippen LogP contribution in [-0.4, -0.2) is 36.7 Å². The van der Waals surface area contributed by atoms with Crippen LogP contribution in [0.5, 0.6) is 0 Å². The molecule has 0 N–H and O–H groups in total. The molecule has 3 heteroatoms. The van der Waals surface area contributed by atoms with Crippen molar-refractivity contribution in [3.63, 3.8) is 0 Å². The predicted octanol–water partition coefficient (Wildman–Crippen LogP) is 2.51. The lowest BCUT2D eigenvalue weighted by atomic mass is 10.1. The van der Waals surface area contributed by atoms with Gasteiger partial charge in [-0.3, -0.25) is 9.79 Å². The molecule has 3 nitrogen and oxygen atoms in total. The molecule has 0 unspecified atom stereocenters. The van der Waals surface area contributed by atoms with Gasteiger partial charge in [0.05, 0.1) is 0 Å². The summed E-state index contributed by atoms with van der Waals surface area (Å²) in [5, 5.41) is 0. The van der Waals surface area contributed by atoms with Crippen LogP contribution >= 0.6 is 0 Å². The second-order valence-corrected chi connectivity index (χ2v) is 4.75. The number of likely N-dealkylation sites (tertiary alicyclic amines) is 1. The summed E-state index contributed by atoms with van der Waals surface area (Å²) in [6, 6.07) is 0. The number of carbonyl (C=O) groups excluding carboxylic acids is 1. The van der Waals surface area contributed by atoms with Gasteiger partial charge in [-0.2, -0.15) is 0 Å². The Morgan fingerprint density at radius 1 is 1.22 bits per heavy atom. The van der Waals surface area contributed by atoms with Crippen LogP contribution in [0.3, 0.4) is 0 Å². The van der Waals surface area contributed by atoms with Crippen molar-refractivity contribution in [3.8, 4) is 0 Å². The molecule has 2 aliphatic rings. The van der Waals surface area contributed by atoms with Crippen LogP contribution in [0, 0.1) is 0 Å². The second kappa shape index (κ2) is 5.80. The first kappa shape index (κ1) is 12.8. The number of aliphatic imine (C=N–C) groups is 1. The number of piperidine rings is 1. The maximum absolute atomic E-state index is 11.3. The molecule has 18 heavy (non-hydrogen) atoms. The minimum absolute atomic E-state index is 0.365. The summed E-state index contributed by atoms with van der Waals surface area (Å²) in [6.07, 6.45) is 10.9. The first-order chi connectivity index (χ1) is 8.70. The maximum Gasteiger partial charge on any atom is 0.136 e. The van der Waals surface area contributed by atoms with Gasteiger partial charge in [0.25, 0.3) is 0 Å². The summed E-state index contributed by atoms with van der Waals surface area (Å²) >= 11 is 0. The predicted molar refractivity (Wildman–Crippen MR) is 74.8 cm³/mol. The maximum atomic E-state index is 11.3. The molecule has 2 rings (SSSR count). The summed E-state index contributed by atoms with van der Waals surface area (Å²) < 4.78 is 0. The van der Waals surface area contributed by atoms with E-state index in [1.54, 1.807) is 0 Å². The molecule has 0 atom stereocenters. The van der Waals surface area contributed by atoms with Crippen molar-refractivity contribution in [2.45, 2.75) is 26.2 Å². The van der Waals surface area contributed by atoms with Crippen molar-refractivity contribution in [2.75, 3.05) is 20.1 Å². The fourth-order valence-electron chi connectivity index (χ4n) is 2.32. The van der Waals surface area contributed by atoms with E-state index in [1.165, 1.54) is 11.1 Å². The summed E-state index contributed by atoms with van der Waals surface area (Å²) in [5.74, 6) is 1.38. The van der Waals surface area contributed by atoms with Crippen molar-refractivity contribution >= 4 is 11.6 Å². The number of amidine groups is 1. The van der Waals surface area contributed by atoms with Crippen LogP contribution < -0.4 is 0 Å². The average Bonchev–Trinajstić information content (AvgIpc) is 2.58. The zero-order valence-electron chi connectivity index (χ0n) is 11.1. The number of rotatable bonds is 1. The Morgan fingerprint density at radius 3 is 2.61 bits per heavy atom. The molecule has 1 aliphatic carbocycles. The van der Waals surface area contributed by atoms with Crippen molar-refractivity contribution < 1.29 is 4.79 Å². The largest absolute Gasteiger partial charge is 0.356 e. The Kier molecular flexibility index (Phi) is 4.13. The SMILES string of the molecule is CN=C(C1=CCC=C(C)C=C1)N1CCC(=O)CC1. The van der Waals surface area contributed by atoms with Gasteiger partial charge in [-0.1, -0.05) is 29.9 Å². The molecule has 0 spiro atoms. The van der Waals surface area contributed by atoms with Gasteiger partial charge in [0, 0.05) is 38.6 Å². The Morgan fingerprint density at radius 2 is 1.94 bits per heavy atom.